The summed E-state index contributed by atoms with van der Waals surface area (Å²) in [7, 11) is -3.35. The Morgan fingerprint density at radius 2 is 2.00 bits per heavy atom. The first-order valence-corrected chi connectivity index (χ1v) is 8.81. The van der Waals surface area contributed by atoms with E-state index in [0.717, 1.165) is 24.8 Å². The minimum atomic E-state index is -3.35. The standard InChI is InChI=1S/C15H21NO3S/c1-15(9-10-19-14(15)13-7-8-13)16-20(17,18)11-12-5-3-2-4-6-12/h2-6,13-14,16H,7-11H2,1H3/t14-,15-/m0/s1. The second kappa shape index (κ2) is 5.13. The van der Waals surface area contributed by atoms with E-state index in [-0.39, 0.29) is 11.9 Å². The molecule has 0 unspecified atom stereocenters. The second-order valence-corrected chi connectivity index (χ2v) is 7.87. The molecule has 5 heteroatoms. The molecule has 4 nitrogen and oxygen atoms in total. The van der Waals surface area contributed by atoms with Gasteiger partial charge in [0.15, 0.2) is 0 Å². The van der Waals surface area contributed by atoms with Crippen molar-refractivity contribution in [2.24, 2.45) is 5.92 Å². The van der Waals surface area contributed by atoms with Crippen LogP contribution in [0, 0.1) is 5.92 Å². The van der Waals surface area contributed by atoms with Crippen LogP contribution in [0.5, 0.6) is 0 Å². The molecule has 1 aliphatic heterocycles. The third-order valence-electron chi connectivity index (χ3n) is 4.19. The number of rotatable bonds is 5. The molecular weight excluding hydrogens is 274 g/mol. The smallest absolute Gasteiger partial charge is 0.216 e. The summed E-state index contributed by atoms with van der Waals surface area (Å²) in [5.41, 5.74) is 0.361. The predicted molar refractivity (Wildman–Crippen MR) is 77.7 cm³/mol. The highest BCUT2D eigenvalue weighted by atomic mass is 32.2. The zero-order valence-corrected chi connectivity index (χ0v) is 12.5. The molecule has 1 heterocycles. The van der Waals surface area contributed by atoms with E-state index in [2.05, 4.69) is 4.72 Å². The quantitative estimate of drug-likeness (QED) is 0.904. The Bertz CT molecular complexity index is 568. The van der Waals surface area contributed by atoms with Crippen LogP contribution in [0.2, 0.25) is 0 Å². The van der Waals surface area contributed by atoms with Gasteiger partial charge in [-0.2, -0.15) is 0 Å². The van der Waals surface area contributed by atoms with Gasteiger partial charge in [0, 0.05) is 6.61 Å². The van der Waals surface area contributed by atoms with Gasteiger partial charge in [-0.05, 0) is 37.7 Å². The van der Waals surface area contributed by atoms with E-state index >= 15 is 0 Å². The lowest BCUT2D eigenvalue weighted by Crippen LogP contribution is -2.52. The van der Waals surface area contributed by atoms with Crippen LogP contribution in [0.3, 0.4) is 0 Å². The first-order chi connectivity index (χ1) is 9.49. The molecule has 0 bridgehead atoms. The molecule has 0 amide bonds. The molecule has 1 saturated carbocycles. The summed E-state index contributed by atoms with van der Waals surface area (Å²) in [5, 5.41) is 0. The van der Waals surface area contributed by atoms with E-state index in [0.29, 0.717) is 12.5 Å². The van der Waals surface area contributed by atoms with Gasteiger partial charge in [0.1, 0.15) is 0 Å². The highest BCUT2D eigenvalue weighted by Crippen LogP contribution is 2.43. The maximum atomic E-state index is 12.4. The van der Waals surface area contributed by atoms with E-state index in [4.69, 9.17) is 4.74 Å². The molecule has 0 aromatic heterocycles. The van der Waals surface area contributed by atoms with Gasteiger partial charge in [-0.25, -0.2) is 13.1 Å². The summed E-state index contributed by atoms with van der Waals surface area (Å²) in [6.45, 7) is 2.62. The Hall–Kier alpha value is -0.910. The fraction of sp³-hybridized carbons (Fsp3) is 0.600. The van der Waals surface area contributed by atoms with Gasteiger partial charge in [0.25, 0.3) is 0 Å². The topological polar surface area (TPSA) is 55.4 Å². The monoisotopic (exact) mass is 295 g/mol. The third-order valence-corrected chi connectivity index (χ3v) is 5.68. The summed E-state index contributed by atoms with van der Waals surface area (Å²) in [5.74, 6) is 0.558. The minimum absolute atomic E-state index is 0.0286. The normalized spacial score (nSPS) is 30.6. The molecule has 0 radical (unpaired) electrons. The molecule has 1 aromatic rings. The van der Waals surface area contributed by atoms with Gasteiger partial charge >= 0.3 is 0 Å². The molecule has 1 saturated heterocycles. The van der Waals surface area contributed by atoms with Crippen LogP contribution in [0.1, 0.15) is 31.7 Å². The van der Waals surface area contributed by atoms with Gasteiger partial charge < -0.3 is 4.74 Å². The van der Waals surface area contributed by atoms with Gasteiger partial charge in [0.2, 0.25) is 10.0 Å². The van der Waals surface area contributed by atoms with Crippen molar-refractivity contribution in [3.8, 4) is 0 Å². The number of hydrogen-bond acceptors (Lipinski definition) is 3. The summed E-state index contributed by atoms with van der Waals surface area (Å²) in [6.07, 6.45) is 3.09. The van der Waals surface area contributed by atoms with Crippen LogP contribution < -0.4 is 4.72 Å². The van der Waals surface area contributed by atoms with E-state index in [1.54, 1.807) is 0 Å². The molecule has 110 valence electrons. The van der Waals surface area contributed by atoms with Crippen LogP contribution in [0.4, 0.5) is 0 Å². The fourth-order valence-corrected chi connectivity index (χ4v) is 4.71. The molecular formula is C15H21NO3S. The number of hydrogen-bond donors (Lipinski definition) is 1. The van der Waals surface area contributed by atoms with Crippen molar-refractivity contribution in [3.05, 3.63) is 35.9 Å². The van der Waals surface area contributed by atoms with Crippen LogP contribution in [0.15, 0.2) is 30.3 Å². The zero-order valence-electron chi connectivity index (χ0n) is 11.7. The summed E-state index contributed by atoms with van der Waals surface area (Å²) < 4.78 is 33.4. The molecule has 1 aliphatic carbocycles. The zero-order chi connectivity index (χ0) is 14.2. The van der Waals surface area contributed by atoms with Gasteiger partial charge in [-0.15, -0.1) is 0 Å². The summed E-state index contributed by atoms with van der Waals surface area (Å²) >= 11 is 0. The molecule has 0 spiro atoms. The van der Waals surface area contributed by atoms with Crippen molar-refractivity contribution in [1.82, 2.24) is 4.72 Å². The summed E-state index contributed by atoms with van der Waals surface area (Å²) in [6, 6.07) is 9.28. The van der Waals surface area contributed by atoms with Crippen LogP contribution in [-0.2, 0) is 20.5 Å². The number of benzene rings is 1. The highest BCUT2D eigenvalue weighted by Gasteiger charge is 2.49. The molecule has 2 fully saturated rings. The largest absolute Gasteiger partial charge is 0.376 e. The number of ether oxygens (including phenoxy) is 1. The SMILES string of the molecule is C[C@]1(NS(=O)(=O)Cc2ccccc2)CCO[C@H]1C1CC1. The van der Waals surface area contributed by atoms with Crippen LogP contribution in [-0.4, -0.2) is 26.7 Å². The van der Waals surface area contributed by atoms with E-state index in [9.17, 15) is 8.42 Å². The first-order valence-electron chi connectivity index (χ1n) is 7.16. The van der Waals surface area contributed by atoms with Gasteiger partial charge in [0.05, 0.1) is 17.4 Å². The first kappa shape index (κ1) is 14.0. The Kier molecular flexibility index (Phi) is 3.60. The van der Waals surface area contributed by atoms with Crippen molar-refractivity contribution in [3.63, 3.8) is 0 Å². The van der Waals surface area contributed by atoms with Crippen molar-refractivity contribution >= 4 is 10.0 Å². The van der Waals surface area contributed by atoms with Crippen molar-refractivity contribution in [2.45, 2.75) is 43.6 Å². The third kappa shape index (κ3) is 3.05. The lowest BCUT2D eigenvalue weighted by molar-refractivity contribution is 0.0629. The summed E-state index contributed by atoms with van der Waals surface area (Å²) in [4.78, 5) is 0. The molecule has 20 heavy (non-hydrogen) atoms. The number of sulfonamides is 1. The molecule has 3 rings (SSSR count). The minimum Gasteiger partial charge on any atom is -0.376 e. The van der Waals surface area contributed by atoms with Crippen LogP contribution in [0.25, 0.3) is 0 Å². The van der Waals surface area contributed by atoms with Gasteiger partial charge in [-0.3, -0.25) is 0 Å². The average Bonchev–Trinajstić information content (AvgIpc) is 3.13. The van der Waals surface area contributed by atoms with Crippen molar-refractivity contribution < 1.29 is 13.2 Å². The Labute approximate surface area is 120 Å². The Morgan fingerprint density at radius 1 is 1.30 bits per heavy atom. The Balaban J connectivity index is 1.72. The average molecular weight is 295 g/mol. The van der Waals surface area contributed by atoms with E-state index in [1.807, 2.05) is 37.3 Å². The highest BCUT2D eigenvalue weighted by molar-refractivity contribution is 7.88. The lowest BCUT2D eigenvalue weighted by Gasteiger charge is -2.31. The van der Waals surface area contributed by atoms with Crippen molar-refractivity contribution in [1.29, 1.82) is 0 Å². The molecule has 1 aromatic carbocycles. The predicted octanol–water partition coefficient (Wildman–Crippen LogP) is 2.06. The van der Waals surface area contributed by atoms with Crippen molar-refractivity contribution in [2.75, 3.05) is 6.61 Å². The van der Waals surface area contributed by atoms with Crippen LogP contribution >= 0.6 is 0 Å². The molecule has 1 N–H and O–H groups in total. The lowest BCUT2D eigenvalue weighted by atomic mass is 9.92. The molecule has 2 aliphatic rings. The van der Waals surface area contributed by atoms with Gasteiger partial charge in [-0.1, -0.05) is 30.3 Å². The maximum Gasteiger partial charge on any atom is 0.216 e. The Morgan fingerprint density at radius 3 is 2.65 bits per heavy atom. The second-order valence-electron chi connectivity index (χ2n) is 6.14. The maximum absolute atomic E-state index is 12.4. The number of nitrogens with one attached hydrogen (secondary N) is 1. The van der Waals surface area contributed by atoms with E-state index in [1.165, 1.54) is 0 Å². The fourth-order valence-electron chi connectivity index (χ4n) is 3.07. The van der Waals surface area contributed by atoms with E-state index < -0.39 is 15.6 Å². The molecule has 2 atom stereocenters.